The molecule has 0 rings (SSSR count). The van der Waals surface area contributed by atoms with Crippen molar-refractivity contribution in [3.8, 4) is 0 Å². The fourth-order valence-corrected chi connectivity index (χ4v) is 0.289. The summed E-state index contributed by atoms with van der Waals surface area (Å²) in [5, 5.41) is 0. The maximum Gasteiger partial charge on any atom is -0.0448 e. The second-order valence-electron chi connectivity index (χ2n) is 3.34. The molecule has 0 N–H and O–H groups in total. The maximum absolute atomic E-state index is 2.28. The molecule has 0 radical (unpaired) electrons. The summed E-state index contributed by atoms with van der Waals surface area (Å²) < 4.78 is 0. The van der Waals surface area contributed by atoms with E-state index in [2.05, 4.69) is 48.5 Å². The summed E-state index contributed by atoms with van der Waals surface area (Å²) in [7, 11) is 0. The number of hydrogen-bond acceptors (Lipinski definition) is 0. The lowest BCUT2D eigenvalue weighted by molar-refractivity contribution is 0.544. The van der Waals surface area contributed by atoms with E-state index < -0.39 is 0 Å². The van der Waals surface area contributed by atoms with Crippen LogP contribution in [0.4, 0.5) is 0 Å². The van der Waals surface area contributed by atoms with E-state index in [1.807, 2.05) is 0 Å². The van der Waals surface area contributed by atoms with Gasteiger partial charge in [-0.1, -0.05) is 74.1 Å². The van der Waals surface area contributed by atoms with Gasteiger partial charge in [0.2, 0.25) is 0 Å². The smallest absolute Gasteiger partial charge is 0.0448 e. The molecule has 0 fully saturated rings. The van der Waals surface area contributed by atoms with Gasteiger partial charge in [0.15, 0.2) is 0 Å². The van der Waals surface area contributed by atoms with Crippen LogP contribution in [0.3, 0.4) is 0 Å². The van der Waals surface area contributed by atoms with Crippen LogP contribution in [0.25, 0.3) is 0 Å². The van der Waals surface area contributed by atoms with E-state index in [0.29, 0.717) is 0 Å². The Morgan fingerprint density at radius 1 is 0.667 bits per heavy atom. The first-order valence-corrected chi connectivity index (χ1v) is 5.64. The van der Waals surface area contributed by atoms with Gasteiger partial charge in [0.1, 0.15) is 0 Å². The quantitative estimate of drug-likeness (QED) is 0.534. The van der Waals surface area contributed by atoms with E-state index in [0.717, 1.165) is 5.92 Å². The summed E-state index contributed by atoms with van der Waals surface area (Å²) in [6, 6.07) is 0. The molecular weight excluding hydrogens is 144 g/mol. The van der Waals surface area contributed by atoms with Crippen LogP contribution in [0.15, 0.2) is 0 Å². The molecule has 0 aliphatic rings. The molecule has 0 atom stereocenters. The molecular formula is C12H30. The Labute approximate surface area is 80.8 Å². The third-order valence-electron chi connectivity index (χ3n) is 1.39. The van der Waals surface area contributed by atoms with Gasteiger partial charge < -0.3 is 0 Å². The Bertz CT molecular complexity index is 33.3. The number of hydrogen-bond donors (Lipinski definition) is 0. The Morgan fingerprint density at radius 3 is 0.833 bits per heavy atom. The van der Waals surface area contributed by atoms with Crippen LogP contribution in [0.5, 0.6) is 0 Å². The van der Waals surface area contributed by atoms with Gasteiger partial charge in [-0.3, -0.25) is 0 Å². The molecule has 0 aromatic heterocycles. The zero-order chi connectivity index (χ0) is 10.4. The van der Waals surface area contributed by atoms with Crippen molar-refractivity contribution in [2.24, 2.45) is 5.92 Å². The average Bonchev–Trinajstić information content (AvgIpc) is 2.06. The highest BCUT2D eigenvalue weighted by Gasteiger charge is 1.88. The fraction of sp³-hybridized carbons (Fsp3) is 1.00. The van der Waals surface area contributed by atoms with Crippen molar-refractivity contribution in [3.63, 3.8) is 0 Å². The summed E-state index contributed by atoms with van der Waals surface area (Å²) in [6.45, 7) is 15.2. The van der Waals surface area contributed by atoms with Gasteiger partial charge in [-0.15, -0.1) is 0 Å². The summed E-state index contributed by atoms with van der Waals surface area (Å²) in [5.74, 6) is 0.935. The molecule has 0 amide bonds. The molecule has 0 aromatic rings. The molecule has 0 spiro atoms. The molecule has 0 saturated carbocycles. The normalized spacial score (nSPS) is 8.00. The lowest BCUT2D eigenvalue weighted by Crippen LogP contribution is -1.85. The summed E-state index contributed by atoms with van der Waals surface area (Å²) in [6.07, 6.45) is 5.16. The lowest BCUT2D eigenvalue weighted by atomic mass is 10.1. The van der Waals surface area contributed by atoms with Gasteiger partial charge >= 0.3 is 0 Å². The lowest BCUT2D eigenvalue weighted by Gasteiger charge is -1.98. The minimum Gasteiger partial charge on any atom is -0.0656 e. The van der Waals surface area contributed by atoms with Gasteiger partial charge in [-0.2, -0.15) is 0 Å². The van der Waals surface area contributed by atoms with Crippen molar-refractivity contribution in [2.45, 2.75) is 74.1 Å². The van der Waals surface area contributed by atoms with E-state index in [9.17, 15) is 0 Å². The summed E-state index contributed by atoms with van der Waals surface area (Å²) in [5.41, 5.74) is 0. The molecule has 0 heterocycles. The molecule has 0 aliphatic heterocycles. The van der Waals surface area contributed by atoms with E-state index >= 15 is 0 Å². The standard InChI is InChI=1S/C6H14.2C3H8/c1-4-6(3)5-2;2*1-3-2/h6H,4-5H2,1-3H3;2*3H2,1-2H3. The predicted octanol–water partition coefficient (Wildman–Crippen LogP) is 5.28. The maximum atomic E-state index is 2.28. The highest BCUT2D eigenvalue weighted by atomic mass is 13.9. The van der Waals surface area contributed by atoms with E-state index in [-0.39, 0.29) is 0 Å². The van der Waals surface area contributed by atoms with Gasteiger partial charge in [0, 0.05) is 0 Å². The number of rotatable bonds is 2. The zero-order valence-electron chi connectivity index (χ0n) is 10.4. The Balaban J connectivity index is -0.000000115. The van der Waals surface area contributed by atoms with Crippen molar-refractivity contribution in [2.75, 3.05) is 0 Å². The van der Waals surface area contributed by atoms with Crippen molar-refractivity contribution >= 4 is 0 Å². The molecule has 0 heteroatoms. The van der Waals surface area contributed by atoms with Crippen molar-refractivity contribution in [1.29, 1.82) is 0 Å². The second kappa shape index (κ2) is 22.4. The first-order valence-electron chi connectivity index (χ1n) is 5.64. The Hall–Kier alpha value is 0. The first kappa shape index (κ1) is 17.9. The van der Waals surface area contributed by atoms with Crippen LogP contribution < -0.4 is 0 Å². The first-order chi connectivity index (χ1) is 5.64. The topological polar surface area (TPSA) is 0 Å². The molecule has 0 nitrogen and oxygen atoms in total. The third-order valence-corrected chi connectivity index (χ3v) is 1.39. The Morgan fingerprint density at radius 2 is 0.833 bits per heavy atom. The fourth-order valence-electron chi connectivity index (χ4n) is 0.289. The third kappa shape index (κ3) is 50.6. The zero-order valence-corrected chi connectivity index (χ0v) is 10.4. The minimum atomic E-state index is 0.935. The van der Waals surface area contributed by atoms with Gasteiger partial charge in [-0.25, -0.2) is 0 Å². The van der Waals surface area contributed by atoms with Crippen LogP contribution in [0.2, 0.25) is 0 Å². The molecule has 0 aliphatic carbocycles. The molecule has 0 aromatic carbocycles. The van der Waals surface area contributed by atoms with Crippen LogP contribution in [-0.4, -0.2) is 0 Å². The van der Waals surface area contributed by atoms with Crippen LogP contribution in [0.1, 0.15) is 74.1 Å². The summed E-state index contributed by atoms with van der Waals surface area (Å²) in [4.78, 5) is 0. The molecule has 0 bridgehead atoms. The predicted molar refractivity (Wildman–Crippen MR) is 61.7 cm³/mol. The summed E-state index contributed by atoms with van der Waals surface area (Å²) >= 11 is 0. The van der Waals surface area contributed by atoms with E-state index in [4.69, 9.17) is 0 Å². The van der Waals surface area contributed by atoms with Crippen LogP contribution >= 0.6 is 0 Å². The highest BCUT2D eigenvalue weighted by molar-refractivity contribution is 4.41. The van der Waals surface area contributed by atoms with Gasteiger partial charge in [-0.05, 0) is 5.92 Å². The van der Waals surface area contributed by atoms with Crippen molar-refractivity contribution < 1.29 is 0 Å². The molecule has 0 saturated heterocycles. The van der Waals surface area contributed by atoms with E-state index in [1.54, 1.807) is 0 Å². The second-order valence-corrected chi connectivity index (χ2v) is 3.34. The van der Waals surface area contributed by atoms with Crippen molar-refractivity contribution in [3.05, 3.63) is 0 Å². The van der Waals surface area contributed by atoms with E-state index in [1.165, 1.54) is 25.7 Å². The minimum absolute atomic E-state index is 0.935. The molecule has 0 unspecified atom stereocenters. The molecule has 78 valence electrons. The van der Waals surface area contributed by atoms with Gasteiger partial charge in [0.05, 0.1) is 0 Å². The largest absolute Gasteiger partial charge is 0.0656 e. The average molecular weight is 174 g/mol. The Kier molecular flexibility index (Phi) is 33.5. The van der Waals surface area contributed by atoms with Crippen LogP contribution in [-0.2, 0) is 0 Å². The van der Waals surface area contributed by atoms with Gasteiger partial charge in [0.25, 0.3) is 0 Å². The highest BCUT2D eigenvalue weighted by Crippen LogP contribution is 2.02. The molecule has 12 heavy (non-hydrogen) atoms. The van der Waals surface area contributed by atoms with Crippen molar-refractivity contribution in [1.82, 2.24) is 0 Å². The monoisotopic (exact) mass is 174 g/mol. The van der Waals surface area contributed by atoms with Crippen LogP contribution in [0, 0.1) is 5.92 Å². The SMILES string of the molecule is CCC.CCC.CCC(C)CC.